The Morgan fingerprint density at radius 3 is 2.24 bits per heavy atom. The molecule has 6 nitrogen and oxygen atoms in total. The zero-order chi connectivity index (χ0) is 15.7. The number of hydrogen-bond donors (Lipinski definition) is 3. The third kappa shape index (κ3) is 3.63. The molecule has 1 aromatic rings. The first-order valence-electron chi connectivity index (χ1n) is 7.47. The number of hydrogen-bond acceptors (Lipinski definition) is 6. The summed E-state index contributed by atoms with van der Waals surface area (Å²) in [5, 5.41) is 3.59. The molecule has 2 rings (SSSR count). The molecule has 0 unspecified atom stereocenters. The Morgan fingerprint density at radius 1 is 1.14 bits per heavy atom. The molecule has 2 heterocycles. The summed E-state index contributed by atoms with van der Waals surface area (Å²) in [7, 11) is 0. The van der Waals surface area contributed by atoms with E-state index in [0.717, 1.165) is 43.3 Å². The van der Waals surface area contributed by atoms with Crippen LogP contribution in [0.4, 0.5) is 11.6 Å². The largest absolute Gasteiger partial charge is 0.381 e. The smallest absolute Gasteiger partial charge is 0.148 e. The third-order valence-electron chi connectivity index (χ3n) is 3.97. The lowest BCUT2D eigenvalue weighted by Gasteiger charge is -2.36. The van der Waals surface area contributed by atoms with E-state index in [1.54, 1.807) is 0 Å². The van der Waals surface area contributed by atoms with Crippen molar-refractivity contribution in [2.45, 2.75) is 58.4 Å². The van der Waals surface area contributed by atoms with Crippen molar-refractivity contribution >= 4 is 11.6 Å². The summed E-state index contributed by atoms with van der Waals surface area (Å²) >= 11 is 0. The van der Waals surface area contributed by atoms with Crippen molar-refractivity contribution in [1.82, 2.24) is 9.97 Å². The summed E-state index contributed by atoms with van der Waals surface area (Å²) in [6.07, 6.45) is 1.93. The highest BCUT2D eigenvalue weighted by Crippen LogP contribution is 2.30. The third-order valence-corrected chi connectivity index (χ3v) is 3.97. The number of nitrogens with two attached hydrogens (primary N) is 1. The molecule has 1 saturated heterocycles. The van der Waals surface area contributed by atoms with Gasteiger partial charge >= 0.3 is 0 Å². The van der Waals surface area contributed by atoms with Crippen LogP contribution in [0.25, 0.3) is 0 Å². The summed E-state index contributed by atoms with van der Waals surface area (Å²) in [5.41, 5.74) is 3.49. The van der Waals surface area contributed by atoms with Crippen LogP contribution in [0.3, 0.4) is 0 Å². The molecule has 0 radical (unpaired) electrons. The van der Waals surface area contributed by atoms with Gasteiger partial charge in [-0.25, -0.2) is 15.8 Å². The average Bonchev–Trinajstić information content (AvgIpc) is 2.40. The molecule has 0 bridgehead atoms. The zero-order valence-corrected chi connectivity index (χ0v) is 13.7. The molecule has 0 aliphatic carbocycles. The second-order valence-corrected chi connectivity index (χ2v) is 7.06. The summed E-state index contributed by atoms with van der Waals surface area (Å²) in [6, 6.07) is 0. The van der Waals surface area contributed by atoms with Crippen molar-refractivity contribution in [3.63, 3.8) is 0 Å². The molecular formula is C15H27N5O. The van der Waals surface area contributed by atoms with Gasteiger partial charge in [-0.15, -0.1) is 0 Å². The minimum atomic E-state index is -0.133. The van der Waals surface area contributed by atoms with Gasteiger partial charge in [-0.3, -0.25) is 0 Å². The molecule has 0 saturated carbocycles. The van der Waals surface area contributed by atoms with Crippen LogP contribution in [-0.2, 0) is 10.2 Å². The molecule has 0 atom stereocenters. The quantitative estimate of drug-likeness (QED) is 0.586. The molecule has 0 amide bonds. The van der Waals surface area contributed by atoms with Gasteiger partial charge < -0.3 is 15.5 Å². The van der Waals surface area contributed by atoms with Crippen LogP contribution < -0.4 is 16.6 Å². The van der Waals surface area contributed by atoms with Crippen LogP contribution in [0.15, 0.2) is 0 Å². The fraction of sp³-hybridized carbons (Fsp3) is 0.733. The fourth-order valence-corrected chi connectivity index (χ4v) is 2.35. The number of hydrazine groups is 1. The Hall–Kier alpha value is -1.40. The van der Waals surface area contributed by atoms with Crippen LogP contribution in [0.1, 0.15) is 51.9 Å². The SMILES string of the molecule is Cc1c(NN)nc(C(C)(C)C)nc1NC1(C)CCOCC1. The van der Waals surface area contributed by atoms with E-state index in [2.05, 4.69) is 43.4 Å². The van der Waals surface area contributed by atoms with Crippen molar-refractivity contribution in [3.05, 3.63) is 11.4 Å². The zero-order valence-electron chi connectivity index (χ0n) is 13.7. The van der Waals surface area contributed by atoms with Crippen LogP contribution >= 0.6 is 0 Å². The van der Waals surface area contributed by atoms with Gasteiger partial charge in [-0.1, -0.05) is 20.8 Å². The topological polar surface area (TPSA) is 85.1 Å². The fourth-order valence-electron chi connectivity index (χ4n) is 2.35. The molecule has 4 N–H and O–H groups in total. The lowest BCUT2D eigenvalue weighted by atomic mass is 9.92. The van der Waals surface area contributed by atoms with E-state index in [1.807, 2.05) is 6.92 Å². The number of rotatable bonds is 3. The van der Waals surface area contributed by atoms with Crippen molar-refractivity contribution in [2.75, 3.05) is 24.0 Å². The van der Waals surface area contributed by atoms with Gasteiger partial charge in [0.15, 0.2) is 0 Å². The van der Waals surface area contributed by atoms with E-state index >= 15 is 0 Å². The minimum absolute atomic E-state index is 0.00160. The summed E-state index contributed by atoms with van der Waals surface area (Å²) in [4.78, 5) is 9.26. The number of nitrogen functional groups attached to an aromatic ring is 1. The van der Waals surface area contributed by atoms with Gasteiger partial charge in [-0.2, -0.15) is 0 Å². The van der Waals surface area contributed by atoms with Crippen molar-refractivity contribution < 1.29 is 4.74 Å². The van der Waals surface area contributed by atoms with Crippen LogP contribution in [-0.4, -0.2) is 28.7 Å². The van der Waals surface area contributed by atoms with Crippen LogP contribution in [0.2, 0.25) is 0 Å². The number of aromatic nitrogens is 2. The molecule has 1 aliphatic rings. The second kappa shape index (κ2) is 5.77. The van der Waals surface area contributed by atoms with Gasteiger partial charge in [-0.05, 0) is 26.7 Å². The van der Waals surface area contributed by atoms with E-state index < -0.39 is 0 Å². The Labute approximate surface area is 126 Å². The molecule has 1 aromatic heterocycles. The number of nitrogens with zero attached hydrogens (tertiary/aromatic N) is 2. The molecule has 0 aromatic carbocycles. The van der Waals surface area contributed by atoms with E-state index in [4.69, 9.17) is 15.6 Å². The van der Waals surface area contributed by atoms with Gasteiger partial charge in [0, 0.05) is 29.7 Å². The molecule has 118 valence electrons. The highest BCUT2D eigenvalue weighted by molar-refractivity contribution is 5.58. The number of anilines is 2. The highest BCUT2D eigenvalue weighted by Gasteiger charge is 2.29. The molecule has 6 heteroatoms. The summed E-state index contributed by atoms with van der Waals surface area (Å²) < 4.78 is 5.45. The maximum absolute atomic E-state index is 5.61. The van der Waals surface area contributed by atoms with Gasteiger partial charge in [0.2, 0.25) is 0 Å². The molecule has 1 aliphatic heterocycles. The highest BCUT2D eigenvalue weighted by atomic mass is 16.5. The predicted octanol–water partition coefficient (Wildman–Crippen LogP) is 2.35. The molecule has 0 spiro atoms. The lowest BCUT2D eigenvalue weighted by molar-refractivity contribution is 0.0657. The normalized spacial score (nSPS) is 18.4. The maximum atomic E-state index is 5.61. The monoisotopic (exact) mass is 293 g/mol. The number of nitrogens with one attached hydrogen (secondary N) is 2. The maximum Gasteiger partial charge on any atom is 0.148 e. The van der Waals surface area contributed by atoms with E-state index in [-0.39, 0.29) is 11.0 Å². The van der Waals surface area contributed by atoms with Crippen molar-refractivity contribution in [3.8, 4) is 0 Å². The lowest BCUT2D eigenvalue weighted by Crippen LogP contribution is -2.41. The average molecular weight is 293 g/mol. The predicted molar refractivity (Wildman–Crippen MR) is 85.4 cm³/mol. The first-order chi connectivity index (χ1) is 9.75. The van der Waals surface area contributed by atoms with Crippen molar-refractivity contribution in [2.24, 2.45) is 5.84 Å². The Balaban J connectivity index is 2.37. The van der Waals surface area contributed by atoms with Gasteiger partial charge in [0.25, 0.3) is 0 Å². The van der Waals surface area contributed by atoms with Crippen molar-refractivity contribution in [1.29, 1.82) is 0 Å². The second-order valence-electron chi connectivity index (χ2n) is 7.06. The summed E-state index contributed by atoms with van der Waals surface area (Å²) in [6.45, 7) is 12.0. The number of ether oxygens (including phenoxy) is 1. The van der Waals surface area contributed by atoms with Gasteiger partial charge in [0.05, 0.1) is 0 Å². The minimum Gasteiger partial charge on any atom is -0.381 e. The Bertz CT molecular complexity index is 504. The van der Waals surface area contributed by atoms with Crippen LogP contribution in [0.5, 0.6) is 0 Å². The standard InChI is InChI=1S/C15H27N5O/c1-10-11(19-15(5)6-8-21-9-7-15)17-13(14(2,3)4)18-12(10)20-16/h6-9,16H2,1-5H3,(H2,17,18,19,20). The Kier molecular flexibility index (Phi) is 4.39. The van der Waals surface area contributed by atoms with Crippen LogP contribution in [0, 0.1) is 6.92 Å². The van der Waals surface area contributed by atoms with Gasteiger partial charge in [0.1, 0.15) is 17.5 Å². The molecular weight excluding hydrogens is 266 g/mol. The van der Waals surface area contributed by atoms with E-state index in [9.17, 15) is 0 Å². The summed E-state index contributed by atoms with van der Waals surface area (Å²) in [5.74, 6) is 7.91. The first-order valence-corrected chi connectivity index (χ1v) is 7.47. The van der Waals surface area contributed by atoms with E-state index in [0.29, 0.717) is 5.82 Å². The molecule has 21 heavy (non-hydrogen) atoms. The Morgan fingerprint density at radius 2 is 1.71 bits per heavy atom. The molecule has 1 fully saturated rings. The van der Waals surface area contributed by atoms with E-state index in [1.165, 1.54) is 0 Å². The first kappa shape index (κ1) is 16.0.